The Morgan fingerprint density at radius 3 is 2.38 bits per heavy atom. The summed E-state index contributed by atoms with van der Waals surface area (Å²) in [5, 5.41) is 2.87. The van der Waals surface area contributed by atoms with Gasteiger partial charge in [-0.15, -0.1) is 12.4 Å². The van der Waals surface area contributed by atoms with E-state index < -0.39 is 10.0 Å². The van der Waals surface area contributed by atoms with Crippen molar-refractivity contribution in [2.45, 2.75) is 17.7 Å². The van der Waals surface area contributed by atoms with Crippen LogP contribution in [0.25, 0.3) is 0 Å². The van der Waals surface area contributed by atoms with Gasteiger partial charge in [-0.1, -0.05) is 0 Å². The van der Waals surface area contributed by atoms with E-state index >= 15 is 0 Å². The van der Waals surface area contributed by atoms with Crippen molar-refractivity contribution < 1.29 is 13.2 Å². The molecule has 0 spiro atoms. The van der Waals surface area contributed by atoms with E-state index in [4.69, 9.17) is 0 Å². The molecule has 1 aromatic carbocycles. The molecule has 0 atom stereocenters. The lowest BCUT2D eigenvalue weighted by atomic mass is 10.3. The first-order chi connectivity index (χ1) is 9.54. The topological polar surface area (TPSA) is 78.5 Å². The van der Waals surface area contributed by atoms with Gasteiger partial charge in [0.05, 0.1) is 4.90 Å². The van der Waals surface area contributed by atoms with E-state index in [0.717, 1.165) is 12.1 Å². The Balaban J connectivity index is 0.00000220. The van der Waals surface area contributed by atoms with Gasteiger partial charge >= 0.3 is 0 Å². The maximum atomic E-state index is 12.0. The van der Waals surface area contributed by atoms with Crippen LogP contribution in [0, 0.1) is 0 Å². The summed E-state index contributed by atoms with van der Waals surface area (Å²) in [6.07, 6.45) is 1.41. The van der Waals surface area contributed by atoms with Crippen LogP contribution in [-0.2, 0) is 14.8 Å². The number of sulfonamides is 1. The molecule has 0 unspecified atom stereocenters. The highest BCUT2D eigenvalue weighted by Gasteiger charge is 2.22. The molecule has 8 heteroatoms. The van der Waals surface area contributed by atoms with E-state index in [2.05, 4.69) is 10.0 Å². The maximum Gasteiger partial charge on any atom is 0.240 e. The lowest BCUT2D eigenvalue weighted by molar-refractivity contribution is -0.117. The molecule has 1 saturated heterocycles. The van der Waals surface area contributed by atoms with Gasteiger partial charge in [-0.05, 0) is 37.7 Å². The Morgan fingerprint density at radius 2 is 1.86 bits per heavy atom. The minimum atomic E-state index is -3.48. The molecule has 1 aromatic rings. The standard InChI is InChI=1S/C13H19N3O3S.ClH/c1-14-8-9-15-20(18,19)12-6-4-11(5-7-12)16-10-2-3-13(16)17;/h4-7,14-15H,2-3,8-10H2,1H3;1H. The van der Waals surface area contributed by atoms with Crippen LogP contribution in [0.4, 0.5) is 5.69 Å². The van der Waals surface area contributed by atoms with Crippen molar-refractivity contribution in [1.82, 2.24) is 10.0 Å². The van der Waals surface area contributed by atoms with Crippen molar-refractivity contribution in [2.24, 2.45) is 0 Å². The lowest BCUT2D eigenvalue weighted by Gasteiger charge is -2.16. The highest BCUT2D eigenvalue weighted by molar-refractivity contribution is 7.89. The van der Waals surface area contributed by atoms with Crippen molar-refractivity contribution >= 4 is 34.0 Å². The zero-order valence-corrected chi connectivity index (χ0v) is 13.5. The molecule has 0 saturated carbocycles. The molecule has 118 valence electrons. The Labute approximate surface area is 131 Å². The third kappa shape index (κ3) is 4.41. The molecule has 2 N–H and O–H groups in total. The summed E-state index contributed by atoms with van der Waals surface area (Å²) < 4.78 is 26.5. The molecule has 1 amide bonds. The third-order valence-electron chi connectivity index (χ3n) is 3.20. The molecule has 2 rings (SSSR count). The van der Waals surface area contributed by atoms with Gasteiger partial charge in [0.1, 0.15) is 0 Å². The minimum absolute atomic E-state index is 0. The number of nitrogens with one attached hydrogen (secondary N) is 2. The second kappa shape index (κ2) is 7.74. The SMILES string of the molecule is CNCCNS(=O)(=O)c1ccc(N2CCCC2=O)cc1.Cl. The zero-order valence-electron chi connectivity index (χ0n) is 11.8. The van der Waals surface area contributed by atoms with Crippen molar-refractivity contribution in [2.75, 3.05) is 31.6 Å². The quantitative estimate of drug-likeness (QED) is 0.752. The molecule has 0 aliphatic carbocycles. The number of anilines is 1. The Kier molecular flexibility index (Phi) is 6.60. The molecule has 1 heterocycles. The van der Waals surface area contributed by atoms with Crippen LogP contribution in [0.15, 0.2) is 29.2 Å². The fraction of sp³-hybridized carbons (Fsp3) is 0.462. The smallest absolute Gasteiger partial charge is 0.240 e. The van der Waals surface area contributed by atoms with Gasteiger partial charge in [0.25, 0.3) is 0 Å². The number of amides is 1. The van der Waals surface area contributed by atoms with Gasteiger partial charge in [0.2, 0.25) is 15.9 Å². The highest BCUT2D eigenvalue weighted by atomic mass is 35.5. The van der Waals surface area contributed by atoms with Crippen LogP contribution in [-0.4, -0.2) is 41.0 Å². The van der Waals surface area contributed by atoms with Crippen LogP contribution >= 0.6 is 12.4 Å². The van der Waals surface area contributed by atoms with Crippen molar-refractivity contribution in [3.05, 3.63) is 24.3 Å². The van der Waals surface area contributed by atoms with Crippen LogP contribution in [0.2, 0.25) is 0 Å². The van der Waals surface area contributed by atoms with Crippen molar-refractivity contribution in [3.63, 3.8) is 0 Å². The zero-order chi connectivity index (χ0) is 14.6. The van der Waals surface area contributed by atoms with Crippen LogP contribution in [0.5, 0.6) is 0 Å². The van der Waals surface area contributed by atoms with Gasteiger partial charge in [-0.2, -0.15) is 0 Å². The van der Waals surface area contributed by atoms with Crippen molar-refractivity contribution in [3.8, 4) is 0 Å². The lowest BCUT2D eigenvalue weighted by Crippen LogP contribution is -2.30. The number of nitrogens with zero attached hydrogens (tertiary/aromatic N) is 1. The summed E-state index contributed by atoms with van der Waals surface area (Å²) in [6, 6.07) is 6.41. The number of halogens is 1. The number of hydrogen-bond acceptors (Lipinski definition) is 4. The molecule has 21 heavy (non-hydrogen) atoms. The van der Waals surface area contributed by atoms with Gasteiger partial charge in [-0.3, -0.25) is 4.79 Å². The number of carbonyl (C=O) groups is 1. The molecule has 0 radical (unpaired) electrons. The van der Waals surface area contributed by atoms with Gasteiger partial charge in [-0.25, -0.2) is 13.1 Å². The molecular formula is C13H20ClN3O3S. The second-order valence-corrected chi connectivity index (χ2v) is 6.41. The third-order valence-corrected chi connectivity index (χ3v) is 4.68. The van der Waals surface area contributed by atoms with Crippen LogP contribution in [0.3, 0.4) is 0 Å². The van der Waals surface area contributed by atoms with Crippen LogP contribution in [0.1, 0.15) is 12.8 Å². The highest BCUT2D eigenvalue weighted by Crippen LogP contribution is 2.22. The summed E-state index contributed by atoms with van der Waals surface area (Å²) in [7, 11) is -1.72. The molecule has 1 aliphatic heterocycles. The summed E-state index contributed by atoms with van der Waals surface area (Å²) in [5.41, 5.74) is 0.752. The van der Waals surface area contributed by atoms with Crippen LogP contribution < -0.4 is 14.9 Å². The first kappa shape index (κ1) is 17.9. The summed E-state index contributed by atoms with van der Waals surface area (Å²) in [5.74, 6) is 0.0905. The number of rotatable bonds is 6. The summed E-state index contributed by atoms with van der Waals surface area (Å²) in [4.78, 5) is 13.5. The predicted octanol–water partition coefficient (Wildman–Crippen LogP) is 0.733. The fourth-order valence-corrected chi connectivity index (χ4v) is 3.15. The summed E-state index contributed by atoms with van der Waals surface area (Å²) >= 11 is 0. The maximum absolute atomic E-state index is 12.0. The average Bonchev–Trinajstić information content (AvgIpc) is 2.85. The molecule has 1 aliphatic rings. The number of likely N-dealkylation sites (N-methyl/N-ethyl adjacent to an activating group) is 1. The summed E-state index contributed by atoms with van der Waals surface area (Å²) in [6.45, 7) is 1.61. The van der Waals surface area contributed by atoms with E-state index in [0.29, 0.717) is 26.1 Å². The number of hydrogen-bond donors (Lipinski definition) is 2. The van der Waals surface area contributed by atoms with E-state index in [1.807, 2.05) is 0 Å². The minimum Gasteiger partial charge on any atom is -0.318 e. The monoisotopic (exact) mass is 333 g/mol. The average molecular weight is 334 g/mol. The molecule has 6 nitrogen and oxygen atoms in total. The molecule has 0 aromatic heterocycles. The van der Waals surface area contributed by atoms with Gasteiger partial charge in [0, 0.05) is 31.7 Å². The molecule has 0 bridgehead atoms. The second-order valence-electron chi connectivity index (χ2n) is 4.64. The molecular weight excluding hydrogens is 314 g/mol. The number of benzene rings is 1. The first-order valence-corrected chi connectivity index (χ1v) is 8.07. The normalized spacial score (nSPS) is 15.1. The first-order valence-electron chi connectivity index (χ1n) is 6.59. The van der Waals surface area contributed by atoms with Crippen molar-refractivity contribution in [1.29, 1.82) is 0 Å². The Hall–Kier alpha value is -1.15. The van der Waals surface area contributed by atoms with E-state index in [1.54, 1.807) is 24.1 Å². The van der Waals surface area contributed by atoms with E-state index in [1.165, 1.54) is 12.1 Å². The Bertz CT molecular complexity index is 575. The van der Waals surface area contributed by atoms with E-state index in [9.17, 15) is 13.2 Å². The van der Waals surface area contributed by atoms with Gasteiger partial charge in [0.15, 0.2) is 0 Å². The predicted molar refractivity (Wildman–Crippen MR) is 84.4 cm³/mol. The molecule has 1 fully saturated rings. The fourth-order valence-electron chi connectivity index (χ4n) is 2.12. The largest absolute Gasteiger partial charge is 0.318 e. The Morgan fingerprint density at radius 1 is 1.19 bits per heavy atom. The van der Waals surface area contributed by atoms with Gasteiger partial charge < -0.3 is 10.2 Å². The number of carbonyl (C=O) groups excluding carboxylic acids is 1. The van der Waals surface area contributed by atoms with E-state index in [-0.39, 0.29) is 23.2 Å².